The minimum atomic E-state index is -0.560. The number of fused-ring (bicyclic) bond motifs is 1. The molecule has 4 heteroatoms. The van der Waals surface area contributed by atoms with Crippen molar-refractivity contribution in [1.29, 1.82) is 0 Å². The third-order valence-electron chi connectivity index (χ3n) is 2.12. The maximum Gasteiger partial charge on any atom is 0.287 e. The van der Waals surface area contributed by atoms with Gasteiger partial charge in [-0.25, -0.2) is 4.79 Å². The van der Waals surface area contributed by atoms with Gasteiger partial charge in [-0.1, -0.05) is 6.07 Å². The van der Waals surface area contributed by atoms with Crippen LogP contribution in [0.25, 0.3) is 0 Å². The van der Waals surface area contributed by atoms with Crippen LogP contribution < -0.4 is 0 Å². The number of ether oxygens (including phenoxy) is 1. The molecule has 0 unspecified atom stereocenters. The summed E-state index contributed by atoms with van der Waals surface area (Å²) < 4.78 is 5.19. The highest BCUT2D eigenvalue weighted by Gasteiger charge is 2.13. The minimum Gasteiger partial charge on any atom is -0.372 e. The van der Waals surface area contributed by atoms with Crippen molar-refractivity contribution in [1.82, 2.24) is 0 Å². The molecule has 0 saturated carbocycles. The number of rotatable bonds is 1. The average molecular weight is 189 g/mol. The van der Waals surface area contributed by atoms with Crippen molar-refractivity contribution in [2.75, 3.05) is 0 Å². The quantitative estimate of drug-likeness (QED) is 0.492. The first kappa shape index (κ1) is 8.81. The number of nitrogens with zero attached hydrogens (tertiary/aromatic N) is 1. The van der Waals surface area contributed by atoms with Gasteiger partial charge in [0, 0.05) is 5.56 Å². The molecular weight excluding hydrogens is 182 g/mol. The molecule has 0 bridgehead atoms. The van der Waals surface area contributed by atoms with Crippen molar-refractivity contribution in [2.45, 2.75) is 13.2 Å². The fraction of sp³-hybridized carbons (Fsp3) is 0.200. The molecule has 1 aromatic rings. The number of isocyanates is 1. The summed E-state index contributed by atoms with van der Waals surface area (Å²) in [6, 6.07) is 5.15. The van der Waals surface area contributed by atoms with Crippen LogP contribution in [0.3, 0.4) is 0 Å². The molecule has 70 valence electrons. The number of hydrogen-bond acceptors (Lipinski definition) is 3. The van der Waals surface area contributed by atoms with Crippen LogP contribution in [0.2, 0.25) is 0 Å². The second kappa shape index (κ2) is 3.54. The van der Waals surface area contributed by atoms with Gasteiger partial charge in [0.2, 0.25) is 6.08 Å². The van der Waals surface area contributed by atoms with Gasteiger partial charge in [-0.15, -0.1) is 4.99 Å². The Hall–Kier alpha value is -1.77. The van der Waals surface area contributed by atoms with Crippen LogP contribution in [0, 0.1) is 0 Å². The smallest absolute Gasteiger partial charge is 0.287 e. The summed E-state index contributed by atoms with van der Waals surface area (Å²) in [5.41, 5.74) is 2.46. The fourth-order valence-corrected chi connectivity index (χ4v) is 1.41. The van der Waals surface area contributed by atoms with Crippen molar-refractivity contribution in [2.24, 2.45) is 4.99 Å². The molecule has 1 aliphatic rings. The van der Waals surface area contributed by atoms with Gasteiger partial charge in [-0.3, -0.25) is 4.79 Å². The van der Waals surface area contributed by atoms with E-state index in [2.05, 4.69) is 4.99 Å². The van der Waals surface area contributed by atoms with Gasteiger partial charge in [-0.2, -0.15) is 0 Å². The maximum absolute atomic E-state index is 11.2. The van der Waals surface area contributed by atoms with E-state index in [9.17, 15) is 9.59 Å². The lowest BCUT2D eigenvalue weighted by atomic mass is 10.1. The van der Waals surface area contributed by atoms with Crippen LogP contribution in [0.15, 0.2) is 23.2 Å². The second-order valence-electron chi connectivity index (χ2n) is 2.98. The van der Waals surface area contributed by atoms with Gasteiger partial charge in [0.15, 0.2) is 0 Å². The highest BCUT2D eigenvalue weighted by atomic mass is 16.5. The number of carbonyl (C=O) groups is 1. The van der Waals surface area contributed by atoms with E-state index in [-0.39, 0.29) is 0 Å². The van der Waals surface area contributed by atoms with Gasteiger partial charge in [0.25, 0.3) is 5.91 Å². The van der Waals surface area contributed by atoms with E-state index < -0.39 is 5.91 Å². The SMILES string of the molecule is O=C=NC(=O)c1ccc2c(c1)COC2. The number of benzene rings is 1. The summed E-state index contributed by atoms with van der Waals surface area (Å²) in [5.74, 6) is -0.560. The average Bonchev–Trinajstić information content (AvgIpc) is 2.64. The zero-order valence-electron chi connectivity index (χ0n) is 7.32. The van der Waals surface area contributed by atoms with Crippen LogP contribution in [0.1, 0.15) is 21.5 Å². The summed E-state index contributed by atoms with van der Waals surface area (Å²) in [6.45, 7) is 1.10. The Balaban J connectivity index is 2.37. The Morgan fingerprint density at radius 2 is 2.14 bits per heavy atom. The number of aliphatic imine (C=N–C) groups is 1. The molecule has 1 heterocycles. The number of carbonyl (C=O) groups excluding carboxylic acids is 2. The predicted octanol–water partition coefficient (Wildman–Crippen LogP) is 1.19. The van der Waals surface area contributed by atoms with Gasteiger partial charge in [0.05, 0.1) is 13.2 Å². The molecule has 1 aromatic carbocycles. The lowest BCUT2D eigenvalue weighted by Crippen LogP contribution is -1.96. The lowest BCUT2D eigenvalue weighted by Gasteiger charge is -1.98. The Bertz CT molecular complexity index is 433. The summed E-state index contributed by atoms with van der Waals surface area (Å²) in [6.07, 6.45) is 1.23. The second-order valence-corrected chi connectivity index (χ2v) is 2.98. The fourth-order valence-electron chi connectivity index (χ4n) is 1.41. The third-order valence-corrected chi connectivity index (χ3v) is 2.12. The summed E-state index contributed by atoms with van der Waals surface area (Å²) >= 11 is 0. The Morgan fingerprint density at radius 3 is 2.93 bits per heavy atom. The summed E-state index contributed by atoms with van der Waals surface area (Å²) in [4.78, 5) is 24.1. The van der Waals surface area contributed by atoms with Crippen LogP contribution in [-0.2, 0) is 22.7 Å². The molecular formula is C10H7NO3. The van der Waals surface area contributed by atoms with Gasteiger partial charge in [0.1, 0.15) is 0 Å². The molecule has 0 atom stereocenters. The standard InChI is InChI=1S/C10H7NO3/c12-6-11-10(13)7-1-2-8-4-14-5-9(8)3-7/h1-3H,4-5H2. The predicted molar refractivity (Wildman–Crippen MR) is 47.4 cm³/mol. The first-order valence-electron chi connectivity index (χ1n) is 4.13. The first-order chi connectivity index (χ1) is 6.81. The van der Waals surface area contributed by atoms with Crippen molar-refractivity contribution >= 4 is 12.0 Å². The Kier molecular flexibility index (Phi) is 2.23. The molecule has 0 aromatic heterocycles. The zero-order chi connectivity index (χ0) is 9.97. The summed E-state index contributed by atoms with van der Waals surface area (Å²) in [5, 5.41) is 0. The lowest BCUT2D eigenvalue weighted by molar-refractivity contribution is 0.100. The minimum absolute atomic E-state index is 0.401. The van der Waals surface area contributed by atoms with Gasteiger partial charge >= 0.3 is 0 Å². The highest BCUT2D eigenvalue weighted by Crippen LogP contribution is 2.20. The normalized spacial score (nSPS) is 13.1. The molecule has 0 fully saturated rings. The number of hydrogen-bond donors (Lipinski definition) is 0. The van der Waals surface area contributed by atoms with Gasteiger partial charge < -0.3 is 4.74 Å². The molecule has 1 aliphatic heterocycles. The molecule has 1 amide bonds. The first-order valence-corrected chi connectivity index (χ1v) is 4.13. The topological polar surface area (TPSA) is 55.7 Å². The molecule has 0 N–H and O–H groups in total. The van der Waals surface area contributed by atoms with Crippen molar-refractivity contribution in [3.63, 3.8) is 0 Å². The van der Waals surface area contributed by atoms with Crippen molar-refractivity contribution in [3.8, 4) is 0 Å². The third kappa shape index (κ3) is 1.48. The van der Waals surface area contributed by atoms with Gasteiger partial charge in [-0.05, 0) is 23.3 Å². The monoisotopic (exact) mass is 189 g/mol. The molecule has 2 rings (SSSR count). The molecule has 4 nitrogen and oxygen atoms in total. The van der Waals surface area contributed by atoms with Crippen LogP contribution in [0.4, 0.5) is 0 Å². The van der Waals surface area contributed by atoms with E-state index >= 15 is 0 Å². The number of amides is 1. The van der Waals surface area contributed by atoms with E-state index in [1.165, 1.54) is 6.08 Å². The van der Waals surface area contributed by atoms with E-state index in [4.69, 9.17) is 4.74 Å². The molecule has 0 spiro atoms. The van der Waals surface area contributed by atoms with E-state index in [0.717, 1.165) is 11.1 Å². The van der Waals surface area contributed by atoms with Crippen LogP contribution in [0.5, 0.6) is 0 Å². The maximum atomic E-state index is 11.2. The molecule has 0 aliphatic carbocycles. The Labute approximate surface area is 80.2 Å². The van der Waals surface area contributed by atoms with Crippen molar-refractivity contribution < 1.29 is 14.3 Å². The molecule has 0 saturated heterocycles. The highest BCUT2D eigenvalue weighted by molar-refractivity contribution is 5.97. The Morgan fingerprint density at radius 1 is 1.36 bits per heavy atom. The van der Waals surface area contributed by atoms with E-state index in [0.29, 0.717) is 18.8 Å². The molecule has 0 radical (unpaired) electrons. The summed E-state index contributed by atoms with van der Waals surface area (Å²) in [7, 11) is 0. The molecule has 14 heavy (non-hydrogen) atoms. The van der Waals surface area contributed by atoms with Crippen LogP contribution in [-0.4, -0.2) is 12.0 Å². The van der Waals surface area contributed by atoms with E-state index in [1.807, 2.05) is 6.07 Å². The largest absolute Gasteiger partial charge is 0.372 e. The zero-order valence-corrected chi connectivity index (χ0v) is 7.32. The van der Waals surface area contributed by atoms with Crippen molar-refractivity contribution in [3.05, 3.63) is 34.9 Å². The van der Waals surface area contributed by atoms with E-state index in [1.54, 1.807) is 12.1 Å². The van der Waals surface area contributed by atoms with Crippen LogP contribution >= 0.6 is 0 Å².